The second-order valence-electron chi connectivity index (χ2n) is 19.4. The number of nitrogens with zero attached hydrogens (tertiary/aromatic N) is 3. The van der Waals surface area contributed by atoms with E-state index in [4.69, 9.17) is 9.97 Å². The van der Waals surface area contributed by atoms with Gasteiger partial charge < -0.3 is 4.40 Å². The third-order valence-electron chi connectivity index (χ3n) is 14.9. The van der Waals surface area contributed by atoms with Gasteiger partial charge in [-0.2, -0.15) is 0 Å². The molecule has 0 saturated carbocycles. The molecule has 1 aliphatic rings. The smallest absolute Gasteiger partial charge is 0.160 e. The lowest BCUT2D eigenvalue weighted by Gasteiger charge is -2.21. The Morgan fingerprint density at radius 3 is 1.20 bits per heavy atom. The zero-order valence-corrected chi connectivity index (χ0v) is 38.9. The van der Waals surface area contributed by atoms with E-state index in [9.17, 15) is 0 Å². The second-order valence-corrected chi connectivity index (χ2v) is 19.4. The molecule has 1 aliphatic carbocycles. The monoisotopic (exact) mass is 891 g/mol. The predicted molar refractivity (Wildman–Crippen MR) is 292 cm³/mol. The molecule has 0 N–H and O–H groups in total. The van der Waals surface area contributed by atoms with E-state index >= 15 is 0 Å². The summed E-state index contributed by atoms with van der Waals surface area (Å²) in [7, 11) is 0. The fraction of sp³-hybridized carbons (Fsp3) is 0.0448. The standard InChI is InChI=1S/C67H45N3/c1-67(2)59-33-29-49(37-57(59)58-38-52(30-34-60(58)67)66-68-61(43-17-8-4-9-18-43)41-62(69-66)44-19-10-5-11-20-44)47-23-12-21-45(35-47)46-22-13-24-48(36-46)51-28-32-54-56-26-14-25-55-53-31-27-50(42-15-6-3-7-16-42)39-63(53)70(65(55)56)64(54)40-51/h3-41H,1-2H3. The zero-order chi connectivity index (χ0) is 46.5. The topological polar surface area (TPSA) is 30.2 Å². The minimum absolute atomic E-state index is 0.155. The lowest BCUT2D eigenvalue weighted by atomic mass is 9.82. The van der Waals surface area contributed by atoms with Crippen LogP contribution in [0.3, 0.4) is 0 Å². The van der Waals surface area contributed by atoms with E-state index < -0.39 is 0 Å². The van der Waals surface area contributed by atoms with Crippen LogP contribution < -0.4 is 0 Å². The van der Waals surface area contributed by atoms with Crippen LogP contribution in [0.15, 0.2) is 237 Å². The first kappa shape index (κ1) is 40.2. The fourth-order valence-electron chi connectivity index (χ4n) is 11.4. The zero-order valence-electron chi connectivity index (χ0n) is 38.9. The van der Waals surface area contributed by atoms with Crippen LogP contribution in [-0.2, 0) is 5.41 Å². The molecule has 0 atom stereocenters. The van der Waals surface area contributed by atoms with Crippen LogP contribution in [0.1, 0.15) is 25.0 Å². The molecular weight excluding hydrogens is 847 g/mol. The summed E-state index contributed by atoms with van der Waals surface area (Å²) in [6.07, 6.45) is 0. The molecule has 10 aromatic carbocycles. The van der Waals surface area contributed by atoms with Crippen molar-refractivity contribution in [1.29, 1.82) is 0 Å². The number of benzene rings is 10. The number of hydrogen-bond acceptors (Lipinski definition) is 2. The summed E-state index contributed by atoms with van der Waals surface area (Å²) in [6.45, 7) is 4.68. The van der Waals surface area contributed by atoms with E-state index in [2.05, 4.69) is 243 Å². The molecule has 0 fully saturated rings. The number of hydrogen-bond donors (Lipinski definition) is 0. The Balaban J connectivity index is 0.827. The Morgan fingerprint density at radius 2 is 0.686 bits per heavy atom. The molecule has 0 saturated heterocycles. The maximum Gasteiger partial charge on any atom is 0.160 e. The predicted octanol–water partition coefficient (Wildman–Crippen LogP) is 17.6. The van der Waals surface area contributed by atoms with Crippen molar-refractivity contribution in [2.75, 3.05) is 0 Å². The van der Waals surface area contributed by atoms with E-state index in [1.54, 1.807) is 0 Å². The van der Waals surface area contributed by atoms with Crippen LogP contribution in [0.5, 0.6) is 0 Å². The summed E-state index contributed by atoms with van der Waals surface area (Å²) in [5, 5.41) is 5.15. The molecule has 3 heterocycles. The maximum atomic E-state index is 5.19. The molecular formula is C67H45N3. The molecule has 70 heavy (non-hydrogen) atoms. The number of para-hydroxylation sites is 1. The SMILES string of the molecule is CC1(C)c2ccc(-c3cccc(-c4cccc(-c5ccc6c7cccc8c9ccc(-c%10ccccc%10)cc9n(c6c5)c87)c4)c3)cc2-c2cc(-c3nc(-c4ccccc4)cc(-c4ccccc4)n3)ccc21. The van der Waals surface area contributed by atoms with Gasteiger partial charge in [-0.15, -0.1) is 0 Å². The van der Waals surface area contributed by atoms with Crippen LogP contribution in [0.25, 0.3) is 128 Å². The molecule has 13 aromatic rings. The molecule has 328 valence electrons. The van der Waals surface area contributed by atoms with Gasteiger partial charge in [0.05, 0.1) is 27.9 Å². The van der Waals surface area contributed by atoms with Crippen molar-refractivity contribution in [3.63, 3.8) is 0 Å². The summed E-state index contributed by atoms with van der Waals surface area (Å²) in [4.78, 5) is 10.4. The van der Waals surface area contributed by atoms with Crippen LogP contribution in [0.2, 0.25) is 0 Å². The van der Waals surface area contributed by atoms with Crippen LogP contribution in [-0.4, -0.2) is 14.4 Å². The average molecular weight is 892 g/mol. The third-order valence-corrected chi connectivity index (χ3v) is 14.9. The Kier molecular flexibility index (Phi) is 8.93. The highest BCUT2D eigenvalue weighted by Crippen LogP contribution is 2.51. The number of rotatable bonds is 7. The molecule has 3 heteroatoms. The minimum Gasteiger partial charge on any atom is -0.308 e. The number of aromatic nitrogens is 3. The fourth-order valence-corrected chi connectivity index (χ4v) is 11.4. The molecule has 3 aromatic heterocycles. The molecule has 0 amide bonds. The highest BCUT2D eigenvalue weighted by Gasteiger charge is 2.36. The van der Waals surface area contributed by atoms with Gasteiger partial charge in [0.25, 0.3) is 0 Å². The highest BCUT2D eigenvalue weighted by atomic mass is 14.9. The summed E-state index contributed by atoms with van der Waals surface area (Å²) in [5.74, 6) is 0.721. The van der Waals surface area contributed by atoms with Gasteiger partial charge in [0, 0.05) is 43.7 Å². The van der Waals surface area contributed by atoms with Crippen molar-refractivity contribution in [2.45, 2.75) is 19.3 Å². The Labute approximate surface area is 407 Å². The third kappa shape index (κ3) is 6.36. The van der Waals surface area contributed by atoms with Gasteiger partial charge in [0.15, 0.2) is 5.82 Å². The molecule has 14 rings (SSSR count). The van der Waals surface area contributed by atoms with Gasteiger partial charge in [0.1, 0.15) is 0 Å². The second kappa shape index (κ2) is 15.6. The van der Waals surface area contributed by atoms with E-state index in [-0.39, 0.29) is 5.41 Å². The Hall–Kier alpha value is -8.92. The van der Waals surface area contributed by atoms with Gasteiger partial charge >= 0.3 is 0 Å². The van der Waals surface area contributed by atoms with Crippen molar-refractivity contribution >= 4 is 38.1 Å². The lowest BCUT2D eigenvalue weighted by molar-refractivity contribution is 0.660. The van der Waals surface area contributed by atoms with Gasteiger partial charge in [-0.1, -0.05) is 208 Å². The van der Waals surface area contributed by atoms with Crippen molar-refractivity contribution in [1.82, 2.24) is 14.4 Å². The first-order valence-corrected chi connectivity index (χ1v) is 24.2. The summed E-state index contributed by atoms with van der Waals surface area (Å²) < 4.78 is 2.49. The van der Waals surface area contributed by atoms with Crippen molar-refractivity contribution in [3.05, 3.63) is 248 Å². The van der Waals surface area contributed by atoms with Crippen LogP contribution in [0, 0.1) is 0 Å². The van der Waals surface area contributed by atoms with Gasteiger partial charge in [-0.3, -0.25) is 0 Å². The summed E-state index contributed by atoms with van der Waals surface area (Å²) in [6, 6.07) is 86.2. The van der Waals surface area contributed by atoms with Crippen molar-refractivity contribution in [3.8, 4) is 89.5 Å². The molecule has 0 radical (unpaired) electrons. The Bertz CT molecular complexity index is 4130. The van der Waals surface area contributed by atoms with Gasteiger partial charge in [-0.05, 0) is 109 Å². The molecule has 0 aliphatic heterocycles. The van der Waals surface area contributed by atoms with Gasteiger partial charge in [0.2, 0.25) is 0 Å². The molecule has 0 spiro atoms. The first-order chi connectivity index (χ1) is 34.4. The van der Waals surface area contributed by atoms with E-state index in [0.717, 1.165) is 33.9 Å². The average Bonchev–Trinajstić information content (AvgIpc) is 4.03. The van der Waals surface area contributed by atoms with E-state index in [1.807, 2.05) is 12.1 Å². The minimum atomic E-state index is -0.155. The van der Waals surface area contributed by atoms with E-state index in [1.165, 1.54) is 105 Å². The summed E-state index contributed by atoms with van der Waals surface area (Å²) in [5.41, 5.74) is 23.3. The molecule has 0 unspecified atom stereocenters. The van der Waals surface area contributed by atoms with Crippen molar-refractivity contribution < 1.29 is 0 Å². The van der Waals surface area contributed by atoms with Crippen LogP contribution in [0.4, 0.5) is 0 Å². The maximum absolute atomic E-state index is 5.19. The summed E-state index contributed by atoms with van der Waals surface area (Å²) >= 11 is 0. The van der Waals surface area contributed by atoms with E-state index in [0.29, 0.717) is 0 Å². The quantitative estimate of drug-likeness (QED) is 0.160. The molecule has 3 nitrogen and oxygen atoms in total. The largest absolute Gasteiger partial charge is 0.308 e. The Morgan fingerprint density at radius 1 is 0.300 bits per heavy atom. The lowest BCUT2D eigenvalue weighted by Crippen LogP contribution is -2.14. The normalized spacial score (nSPS) is 12.8. The van der Waals surface area contributed by atoms with Crippen LogP contribution >= 0.6 is 0 Å². The molecule has 0 bridgehead atoms. The highest BCUT2D eigenvalue weighted by molar-refractivity contribution is 6.23. The van der Waals surface area contributed by atoms with Crippen molar-refractivity contribution in [2.24, 2.45) is 0 Å². The number of fused-ring (bicyclic) bond motifs is 9. The first-order valence-electron chi connectivity index (χ1n) is 24.2. The van der Waals surface area contributed by atoms with Gasteiger partial charge in [-0.25, -0.2) is 9.97 Å².